The summed E-state index contributed by atoms with van der Waals surface area (Å²) in [4.78, 5) is 53.3. The zero-order chi connectivity index (χ0) is 88.1. The number of thiazole rings is 3. The van der Waals surface area contributed by atoms with E-state index in [1.807, 2.05) is 265 Å². The van der Waals surface area contributed by atoms with Crippen LogP contribution in [-0.4, -0.2) is 131 Å². The van der Waals surface area contributed by atoms with Crippen LogP contribution in [0.4, 0.5) is 0 Å². The van der Waals surface area contributed by atoms with Crippen LogP contribution in [0.5, 0.6) is 0 Å². The maximum atomic E-state index is 13.3. The molecule has 1 aliphatic heterocycles. The third-order valence-corrected chi connectivity index (χ3v) is 25.0. The Kier molecular flexibility index (Phi) is 26.6. The summed E-state index contributed by atoms with van der Waals surface area (Å²) in [5.41, 5.74) is 18.4. The number of carboxylic acid groups (broad SMARTS) is 1. The Labute approximate surface area is 743 Å². The second kappa shape index (κ2) is 36.0. The lowest BCUT2D eigenvalue weighted by molar-refractivity contribution is -0.167. The van der Waals surface area contributed by atoms with Gasteiger partial charge in [0.05, 0.1) is 88.4 Å². The first kappa shape index (κ1) is 90.2. The lowest BCUT2D eigenvalue weighted by atomic mass is 9.79. The first-order valence-electron chi connectivity index (χ1n) is 39.6. The van der Waals surface area contributed by atoms with Gasteiger partial charge in [-0.25, -0.2) is 43.4 Å². The smallest absolute Gasteiger partial charge is 0.479 e. The van der Waals surface area contributed by atoms with E-state index >= 15 is 0 Å². The number of nitrogens with zero attached hydrogens (tertiary/aromatic N) is 12. The maximum Gasteiger partial charge on any atom is 0.494 e. The summed E-state index contributed by atoms with van der Waals surface area (Å²) in [6, 6.07) is 46.5. The Morgan fingerprint density at radius 1 is 0.451 bits per heavy atom. The van der Waals surface area contributed by atoms with E-state index < -0.39 is 53.0 Å². The maximum absolute atomic E-state index is 13.3. The summed E-state index contributed by atoms with van der Waals surface area (Å²) in [6.45, 7) is 35.3. The molecule has 16 rings (SSSR count). The minimum atomic E-state index is -1.15. The molecule has 9 aromatic carbocycles. The number of fused-ring (bicyclic) bond motifs is 6. The first-order chi connectivity index (χ1) is 57.5. The molecule has 1 N–H and O–H groups in total. The molecule has 0 unspecified atom stereocenters. The fourth-order valence-electron chi connectivity index (χ4n) is 14.3. The van der Waals surface area contributed by atoms with Gasteiger partial charge < -0.3 is 38.1 Å². The third-order valence-electron chi connectivity index (χ3n) is 20.5. The van der Waals surface area contributed by atoms with Crippen molar-refractivity contribution in [3.63, 3.8) is 0 Å². The normalized spacial score (nSPS) is 14.2. The molecule has 31 heteroatoms. The lowest BCUT2D eigenvalue weighted by Crippen LogP contribution is -2.41. The molecule has 1 saturated heterocycles. The van der Waals surface area contributed by atoms with E-state index in [1.165, 1.54) is 22.7 Å². The molecule has 3 atom stereocenters. The molecule has 0 saturated carbocycles. The number of rotatable bonds is 17. The number of benzene rings is 9. The number of hydrogen-bond acceptors (Lipinski definition) is 22. The van der Waals surface area contributed by atoms with Gasteiger partial charge in [-0.1, -0.05) is 92.9 Å². The molecule has 0 aliphatic carbocycles. The molecule has 1 fully saturated rings. The van der Waals surface area contributed by atoms with E-state index in [2.05, 4.69) is 51.9 Å². The predicted molar refractivity (Wildman–Crippen MR) is 493 cm³/mol. The zero-order valence-corrected chi connectivity index (χ0v) is 78.0. The molecule has 7 heterocycles. The number of carbonyl (C=O) groups is 3. The minimum Gasteiger partial charge on any atom is -0.479 e. The summed E-state index contributed by atoms with van der Waals surface area (Å²) in [5, 5.41) is 38.6. The van der Waals surface area contributed by atoms with Crippen molar-refractivity contribution in [1.29, 1.82) is 0 Å². The monoisotopic (exact) mass is 1820 g/mol. The lowest BCUT2D eigenvalue weighted by Gasteiger charge is -2.32. The number of carboxylic acids is 1. The summed E-state index contributed by atoms with van der Waals surface area (Å²) >= 11 is 26.6. The van der Waals surface area contributed by atoms with Crippen molar-refractivity contribution in [3.05, 3.63) is 198 Å². The van der Waals surface area contributed by atoms with Gasteiger partial charge in [0.1, 0.15) is 26.6 Å². The number of ether oxygens (including phenoxy) is 5. The van der Waals surface area contributed by atoms with Crippen LogP contribution in [0, 0.1) is 20.8 Å². The van der Waals surface area contributed by atoms with Gasteiger partial charge >= 0.3 is 25.0 Å². The van der Waals surface area contributed by atoms with Crippen molar-refractivity contribution < 1.29 is 52.5 Å². The molecular formula is C91H95BBrCl3N12O11S3. The predicted octanol–water partition coefficient (Wildman–Crippen LogP) is 22.5. The highest BCUT2D eigenvalue weighted by Crippen LogP contribution is 2.49. The molecule has 6 aromatic heterocycles. The molecule has 122 heavy (non-hydrogen) atoms. The van der Waals surface area contributed by atoms with E-state index in [0.29, 0.717) is 20.6 Å². The third kappa shape index (κ3) is 19.8. The van der Waals surface area contributed by atoms with Gasteiger partial charge in [-0.3, -0.25) is 0 Å². The van der Waals surface area contributed by atoms with Crippen LogP contribution >= 0.6 is 84.7 Å². The quantitative estimate of drug-likeness (QED) is 0.0655. The fraction of sp³-hybridized carbons (Fsp3) is 0.341. The van der Waals surface area contributed by atoms with Crippen molar-refractivity contribution >= 4 is 179 Å². The summed E-state index contributed by atoms with van der Waals surface area (Å²) in [5.74, 6) is -1.86. The van der Waals surface area contributed by atoms with Gasteiger partial charge in [-0.15, -0.1) is 49.3 Å². The largest absolute Gasteiger partial charge is 0.494 e. The molecule has 634 valence electrons. The minimum absolute atomic E-state index is 0.260. The van der Waals surface area contributed by atoms with E-state index in [4.69, 9.17) is 77.8 Å². The molecule has 0 radical (unpaired) electrons. The van der Waals surface area contributed by atoms with E-state index in [9.17, 15) is 19.5 Å². The Bertz CT molecular complexity index is 6430. The van der Waals surface area contributed by atoms with Crippen LogP contribution in [0.2, 0.25) is 15.1 Å². The van der Waals surface area contributed by atoms with E-state index in [-0.39, 0.29) is 31.5 Å². The average Bonchev–Trinajstić information content (AvgIpc) is 1.54. The summed E-state index contributed by atoms with van der Waals surface area (Å²) in [7, 11) is 5.25. The Morgan fingerprint density at radius 2 is 0.762 bits per heavy atom. The standard InChI is InChI=1S/C29H29ClN4O3S.C27H25ClN4O3S.C22H23BrClNO3S.C13H18BN3O2/c1-7-36-28(35)25(37-29(3,4)5)23-16(2)14-21-26(24(23)17-8-11-19(30)12-9-17)38-27(31-21)18-10-13-22-20(15-18)32-33-34(22)6;1-14-12-19-24(36-25(29-19)16-8-11-20-18(13-16)30-31-32(20)5)22(15-6-9-17(28)10-7-15)21(14)23(26(33)34)35-27(2,3)4;1-6-27-20(26)18(28-22(3,4)5)16-12(2)11-15-19(29-21(23)25-15)17(16)13-7-9-14(24)10-8-13;1-12(2)13(3,4)19-14(18-12)9-6-7-11-10(8-9)15-16-17(11)5/h8-15,25H,7H2,1-6H3;6-13,23H,1-5H3,(H,33,34);7-11,18H,6H2,1-5H3;6-8H,1-5H3/t25-;23-;18-;/m000./s1. The Morgan fingerprint density at radius 3 is 1.11 bits per heavy atom. The first-order valence-corrected chi connectivity index (χ1v) is 43.9. The second-order valence-corrected chi connectivity index (χ2v) is 39.2. The molecule has 0 bridgehead atoms. The number of carbonyl (C=O) groups excluding carboxylic acids is 2. The van der Waals surface area contributed by atoms with Crippen molar-refractivity contribution in [1.82, 2.24) is 59.9 Å². The summed E-state index contributed by atoms with van der Waals surface area (Å²) < 4.78 is 50.4. The highest BCUT2D eigenvalue weighted by Gasteiger charge is 2.52. The van der Waals surface area contributed by atoms with Crippen LogP contribution in [-0.2, 0) is 68.5 Å². The Hall–Kier alpha value is -9.53. The molecule has 0 amide bonds. The topological polar surface area (TPSA) is 267 Å². The SMILES string of the molecule is CCOC(=O)[C@@H](OC(C)(C)C)c1c(C)cc2nc(-c3ccc4c(c3)nnn4C)sc2c1-c1ccc(Cl)cc1.CCOC(=O)[C@@H](OC(C)(C)C)c1c(C)cc2nc(Br)sc2c1-c1ccc(Cl)cc1.Cc1cc2nc(-c3ccc4c(c3)nnn4C)sc2c(-c2ccc(Cl)cc2)c1[C@H](OC(C)(C)C)C(=O)O.Cn1nnc2cc(B3OC(C)(C)C(C)(C)O3)ccc21. The molecule has 0 spiro atoms. The fourth-order valence-corrected chi connectivity index (χ4v) is 18.4. The van der Waals surface area contributed by atoms with Gasteiger partial charge in [0.15, 0.2) is 22.2 Å². The number of halogens is 4. The number of hydrogen-bond donors (Lipinski definition) is 1. The average molecular weight is 1830 g/mol. The summed E-state index contributed by atoms with van der Waals surface area (Å²) in [6.07, 6.45) is -2.92. The number of aliphatic carboxylic acids is 1. The molecule has 1 aliphatic rings. The van der Waals surface area contributed by atoms with Crippen LogP contribution in [0.25, 0.3) is 118 Å². The highest BCUT2D eigenvalue weighted by molar-refractivity contribution is 9.11. The number of aromatic nitrogens is 12. The number of esters is 2. The van der Waals surface area contributed by atoms with E-state index in [1.54, 1.807) is 51.4 Å². The van der Waals surface area contributed by atoms with Gasteiger partial charge in [0.25, 0.3) is 0 Å². The van der Waals surface area contributed by atoms with Gasteiger partial charge in [-0.2, -0.15) is 0 Å². The van der Waals surface area contributed by atoms with E-state index in [0.717, 1.165) is 155 Å². The van der Waals surface area contributed by atoms with Crippen molar-refractivity contribution in [3.8, 4) is 54.5 Å². The van der Waals surface area contributed by atoms with Crippen LogP contribution in [0.3, 0.4) is 0 Å². The molecule has 15 aromatic rings. The zero-order valence-electron chi connectivity index (χ0n) is 71.7. The number of aryl methyl sites for hydroxylation is 6. The van der Waals surface area contributed by atoms with Gasteiger partial charge in [0.2, 0.25) is 0 Å². The Balaban J connectivity index is 0.000000144. The van der Waals surface area contributed by atoms with Crippen LogP contribution in [0.15, 0.2) is 150 Å². The van der Waals surface area contributed by atoms with Gasteiger partial charge in [-0.05, 0) is 283 Å². The van der Waals surface area contributed by atoms with Gasteiger partial charge in [0, 0.05) is 80.7 Å². The molecule has 23 nitrogen and oxygen atoms in total. The second-order valence-electron chi connectivity index (χ2n) is 33.6. The van der Waals surface area contributed by atoms with Crippen molar-refractivity contribution in [2.75, 3.05) is 13.2 Å². The molecular weight excluding hydrogens is 1730 g/mol. The highest BCUT2D eigenvalue weighted by atomic mass is 79.9. The van der Waals surface area contributed by atoms with Crippen molar-refractivity contribution in [2.45, 2.75) is 171 Å². The van der Waals surface area contributed by atoms with Crippen LogP contribution < -0.4 is 5.46 Å². The van der Waals surface area contributed by atoms with Crippen molar-refractivity contribution in [2.24, 2.45) is 21.1 Å². The van der Waals surface area contributed by atoms with Crippen LogP contribution in [0.1, 0.15) is 156 Å².